The van der Waals surface area contributed by atoms with Crippen molar-refractivity contribution >= 4 is 17.4 Å². The van der Waals surface area contributed by atoms with E-state index in [2.05, 4.69) is 0 Å². The van der Waals surface area contributed by atoms with Crippen LogP contribution < -0.4 is 0 Å². The Hall–Kier alpha value is -2.25. The molecule has 2 rings (SSSR count). The number of hydrogen-bond donors (Lipinski definition) is 0. The smallest absolute Gasteiger partial charge is 0.184 e. The maximum atomic E-state index is 13.2. The molecule has 5 heteroatoms. The molecule has 0 bridgehead atoms. The molecule has 2 aromatic rings. The molecule has 0 saturated carbocycles. The van der Waals surface area contributed by atoms with Crippen molar-refractivity contribution in [3.8, 4) is 6.07 Å². The zero-order valence-electron chi connectivity index (χ0n) is 11.0. The molecule has 0 aliphatic rings. The Kier molecular flexibility index (Phi) is 4.35. The van der Waals surface area contributed by atoms with Crippen molar-refractivity contribution in [3.05, 3.63) is 69.7 Å². The van der Waals surface area contributed by atoms with Crippen LogP contribution in [-0.2, 0) is 0 Å². The molecular formula is C16H10ClF2NO. The molecule has 0 aromatic heterocycles. The normalized spacial score (nSPS) is 11.8. The topological polar surface area (TPSA) is 40.9 Å². The molecule has 0 radical (unpaired) electrons. The van der Waals surface area contributed by atoms with Crippen LogP contribution in [0.25, 0.3) is 0 Å². The van der Waals surface area contributed by atoms with Gasteiger partial charge in [0, 0.05) is 16.7 Å². The third-order valence-electron chi connectivity index (χ3n) is 3.05. The highest BCUT2D eigenvalue weighted by molar-refractivity contribution is 6.31. The molecule has 2 aromatic carbocycles. The van der Waals surface area contributed by atoms with Crippen LogP contribution in [0, 0.1) is 29.9 Å². The van der Waals surface area contributed by atoms with Crippen LogP contribution in [0.4, 0.5) is 8.78 Å². The number of rotatable bonds is 3. The van der Waals surface area contributed by atoms with Crippen LogP contribution >= 0.6 is 11.6 Å². The van der Waals surface area contributed by atoms with E-state index in [9.17, 15) is 18.8 Å². The lowest BCUT2D eigenvalue weighted by Gasteiger charge is -2.10. The van der Waals surface area contributed by atoms with Crippen molar-refractivity contribution in [2.24, 2.45) is 0 Å². The minimum atomic E-state index is -1.27. The molecule has 106 valence electrons. The fraction of sp³-hybridized carbons (Fsp3) is 0.125. The van der Waals surface area contributed by atoms with Gasteiger partial charge in [-0.1, -0.05) is 11.6 Å². The number of ketones is 1. The van der Waals surface area contributed by atoms with Crippen LogP contribution in [0.1, 0.15) is 27.4 Å². The number of aryl methyl sites for hydroxylation is 1. The van der Waals surface area contributed by atoms with Crippen molar-refractivity contribution < 1.29 is 13.6 Å². The summed E-state index contributed by atoms with van der Waals surface area (Å²) in [5.74, 6) is -3.45. The van der Waals surface area contributed by atoms with Gasteiger partial charge in [0.05, 0.1) is 6.07 Å². The number of nitrogens with zero attached hydrogens (tertiary/aromatic N) is 1. The summed E-state index contributed by atoms with van der Waals surface area (Å²) >= 11 is 5.88. The summed E-state index contributed by atoms with van der Waals surface area (Å²) in [6.07, 6.45) is 0. The van der Waals surface area contributed by atoms with Crippen molar-refractivity contribution in [3.63, 3.8) is 0 Å². The van der Waals surface area contributed by atoms with Gasteiger partial charge in [0.2, 0.25) is 0 Å². The first-order valence-electron chi connectivity index (χ1n) is 6.08. The van der Waals surface area contributed by atoms with E-state index in [0.29, 0.717) is 16.7 Å². The summed E-state index contributed by atoms with van der Waals surface area (Å²) in [4.78, 5) is 12.4. The maximum Gasteiger partial charge on any atom is 0.184 e. The first kappa shape index (κ1) is 15.1. The van der Waals surface area contributed by atoms with E-state index in [0.717, 1.165) is 12.1 Å². The highest BCUT2D eigenvalue weighted by Crippen LogP contribution is 2.24. The Morgan fingerprint density at radius 2 is 1.81 bits per heavy atom. The van der Waals surface area contributed by atoms with E-state index in [1.54, 1.807) is 25.1 Å². The number of halogens is 3. The summed E-state index contributed by atoms with van der Waals surface area (Å²) in [7, 11) is 0. The predicted molar refractivity (Wildman–Crippen MR) is 75.2 cm³/mol. The highest BCUT2D eigenvalue weighted by Gasteiger charge is 2.23. The molecule has 0 heterocycles. The van der Waals surface area contributed by atoms with E-state index in [1.807, 2.05) is 0 Å². The fourth-order valence-electron chi connectivity index (χ4n) is 1.99. The van der Waals surface area contributed by atoms with Gasteiger partial charge in [0.15, 0.2) is 5.78 Å². The van der Waals surface area contributed by atoms with E-state index in [1.165, 1.54) is 6.07 Å². The van der Waals surface area contributed by atoms with Gasteiger partial charge < -0.3 is 0 Å². The second-order valence-corrected chi connectivity index (χ2v) is 5.00. The first-order valence-corrected chi connectivity index (χ1v) is 6.46. The zero-order valence-corrected chi connectivity index (χ0v) is 11.8. The Morgan fingerprint density at radius 3 is 2.33 bits per heavy atom. The van der Waals surface area contributed by atoms with Crippen LogP contribution in [0.5, 0.6) is 0 Å². The minimum absolute atomic E-state index is 0.00685. The van der Waals surface area contributed by atoms with Crippen LogP contribution in [-0.4, -0.2) is 5.78 Å². The molecular weight excluding hydrogens is 296 g/mol. The third-order valence-corrected chi connectivity index (χ3v) is 3.48. The number of hydrogen-bond acceptors (Lipinski definition) is 2. The zero-order chi connectivity index (χ0) is 15.6. The fourth-order valence-corrected chi connectivity index (χ4v) is 2.11. The average molecular weight is 306 g/mol. The molecule has 0 aliphatic carbocycles. The number of carbonyl (C=O) groups is 1. The Balaban J connectivity index is 2.43. The van der Waals surface area contributed by atoms with E-state index in [-0.39, 0.29) is 11.1 Å². The van der Waals surface area contributed by atoms with Crippen molar-refractivity contribution in [1.29, 1.82) is 5.26 Å². The molecule has 0 aliphatic heterocycles. The molecule has 0 spiro atoms. The predicted octanol–water partition coefficient (Wildman–Crippen LogP) is 4.42. The lowest BCUT2D eigenvalue weighted by atomic mass is 9.91. The van der Waals surface area contributed by atoms with E-state index in [4.69, 9.17) is 11.6 Å². The maximum absolute atomic E-state index is 13.2. The van der Waals surface area contributed by atoms with Gasteiger partial charge in [0.1, 0.15) is 17.6 Å². The van der Waals surface area contributed by atoms with Gasteiger partial charge in [-0.3, -0.25) is 4.79 Å². The Labute approximate surface area is 125 Å². The molecule has 0 amide bonds. The standard InChI is InChI=1S/C16H10ClF2NO/c1-9-4-10(2-3-15(9)17)16(21)14(8-20)11-5-12(18)7-13(19)6-11/h2-7,14H,1H3. The average Bonchev–Trinajstić information content (AvgIpc) is 2.41. The van der Waals surface area contributed by atoms with E-state index >= 15 is 0 Å². The second-order valence-electron chi connectivity index (χ2n) is 4.59. The lowest BCUT2D eigenvalue weighted by Crippen LogP contribution is -2.12. The lowest BCUT2D eigenvalue weighted by molar-refractivity contribution is 0.0978. The van der Waals surface area contributed by atoms with Crippen LogP contribution in [0.3, 0.4) is 0 Å². The van der Waals surface area contributed by atoms with Crippen LogP contribution in [0.15, 0.2) is 36.4 Å². The first-order chi connectivity index (χ1) is 9.92. The SMILES string of the molecule is Cc1cc(C(=O)C(C#N)c2cc(F)cc(F)c2)ccc1Cl. The van der Waals surface area contributed by atoms with Crippen molar-refractivity contribution in [1.82, 2.24) is 0 Å². The minimum Gasteiger partial charge on any atom is -0.292 e. The Morgan fingerprint density at radius 1 is 1.19 bits per heavy atom. The van der Waals surface area contributed by atoms with Gasteiger partial charge >= 0.3 is 0 Å². The monoisotopic (exact) mass is 305 g/mol. The highest BCUT2D eigenvalue weighted by atomic mass is 35.5. The largest absolute Gasteiger partial charge is 0.292 e. The summed E-state index contributed by atoms with van der Waals surface area (Å²) in [6, 6.07) is 9.02. The second kappa shape index (κ2) is 6.02. The van der Waals surface area contributed by atoms with Crippen LogP contribution in [0.2, 0.25) is 5.02 Å². The molecule has 1 unspecified atom stereocenters. The number of nitriles is 1. The summed E-state index contributed by atoms with van der Waals surface area (Å²) in [5, 5.41) is 9.67. The number of carbonyl (C=O) groups excluding carboxylic acids is 1. The van der Waals surface area contributed by atoms with Gasteiger partial charge in [0.25, 0.3) is 0 Å². The molecule has 1 atom stereocenters. The molecule has 0 saturated heterocycles. The molecule has 0 N–H and O–H groups in total. The third kappa shape index (κ3) is 3.26. The van der Waals surface area contributed by atoms with Crippen molar-refractivity contribution in [2.45, 2.75) is 12.8 Å². The summed E-state index contributed by atoms with van der Waals surface area (Å²) in [6.45, 7) is 1.72. The molecule has 2 nitrogen and oxygen atoms in total. The number of Topliss-reactive ketones (excluding diaryl/α,β-unsaturated/α-hetero) is 1. The van der Waals surface area contributed by atoms with E-state index < -0.39 is 23.3 Å². The molecule has 0 fully saturated rings. The van der Waals surface area contributed by atoms with Gasteiger partial charge in [-0.15, -0.1) is 0 Å². The molecule has 21 heavy (non-hydrogen) atoms. The summed E-state index contributed by atoms with van der Waals surface area (Å²) in [5.41, 5.74) is 0.949. The number of benzene rings is 2. The Bertz CT molecular complexity index is 732. The van der Waals surface area contributed by atoms with Gasteiger partial charge in [-0.25, -0.2) is 8.78 Å². The quantitative estimate of drug-likeness (QED) is 0.788. The van der Waals surface area contributed by atoms with Gasteiger partial charge in [-0.05, 0) is 48.4 Å². The van der Waals surface area contributed by atoms with Gasteiger partial charge in [-0.2, -0.15) is 5.26 Å². The van der Waals surface area contributed by atoms with Crippen molar-refractivity contribution in [2.75, 3.05) is 0 Å². The summed E-state index contributed by atoms with van der Waals surface area (Å²) < 4.78 is 26.5.